The molecule has 1 aliphatic heterocycles. The Bertz CT molecular complexity index is 866. The van der Waals surface area contributed by atoms with Crippen LogP contribution in [0.15, 0.2) is 30.3 Å². The Morgan fingerprint density at radius 3 is 2.59 bits per heavy atom. The maximum absolute atomic E-state index is 11.8. The quantitative estimate of drug-likeness (QED) is 0.460. The smallest absolute Gasteiger partial charge is 0.346 e. The van der Waals surface area contributed by atoms with Gasteiger partial charge in [-0.25, -0.2) is 9.59 Å². The predicted molar refractivity (Wildman–Crippen MR) is 83.7 cm³/mol. The first kappa shape index (κ1) is 14.4. The van der Waals surface area contributed by atoms with Gasteiger partial charge < -0.3 is 4.74 Å². The summed E-state index contributed by atoms with van der Waals surface area (Å²) >= 11 is 1.14. The van der Waals surface area contributed by atoms with E-state index in [1.807, 2.05) is 6.07 Å². The third-order valence-corrected chi connectivity index (χ3v) is 3.93. The van der Waals surface area contributed by atoms with Crippen molar-refractivity contribution in [3.8, 4) is 11.8 Å². The molecule has 22 heavy (non-hydrogen) atoms. The number of carbonyl (C=O) groups excluding carboxylic acids is 3. The third-order valence-electron chi connectivity index (χ3n) is 3.24. The summed E-state index contributed by atoms with van der Waals surface area (Å²) in [5, 5.41) is 1.33. The molecule has 0 amide bonds. The average Bonchev–Trinajstić information content (AvgIpc) is 2.49. The van der Waals surface area contributed by atoms with Crippen LogP contribution in [0.5, 0.6) is 0 Å². The highest BCUT2D eigenvalue weighted by Crippen LogP contribution is 2.30. The van der Waals surface area contributed by atoms with Gasteiger partial charge in [0.25, 0.3) is 0 Å². The van der Waals surface area contributed by atoms with E-state index in [9.17, 15) is 14.4 Å². The number of rotatable bonds is 1. The van der Waals surface area contributed by atoms with Crippen LogP contribution >= 0.6 is 11.8 Å². The molecule has 0 aliphatic carbocycles. The summed E-state index contributed by atoms with van der Waals surface area (Å²) in [6.07, 6.45) is 0. The van der Waals surface area contributed by atoms with Gasteiger partial charge in [-0.3, -0.25) is 4.79 Å². The van der Waals surface area contributed by atoms with Gasteiger partial charge in [0.05, 0.1) is 16.9 Å². The van der Waals surface area contributed by atoms with E-state index in [1.165, 1.54) is 6.92 Å². The molecule has 4 nitrogen and oxygen atoms in total. The van der Waals surface area contributed by atoms with Crippen molar-refractivity contribution in [1.29, 1.82) is 0 Å². The zero-order chi connectivity index (χ0) is 15.7. The molecule has 0 bridgehead atoms. The first-order chi connectivity index (χ1) is 10.6. The fourth-order valence-electron chi connectivity index (χ4n) is 2.32. The second kappa shape index (κ2) is 5.66. The van der Waals surface area contributed by atoms with Gasteiger partial charge in [-0.15, -0.1) is 0 Å². The van der Waals surface area contributed by atoms with Gasteiger partial charge in [0.1, 0.15) is 0 Å². The molecule has 0 aromatic heterocycles. The Kier molecular flexibility index (Phi) is 3.70. The SMILES string of the molecule is CC(=O)SCC#Cc1ccc2c3c(cccc13)C(=O)OC2=O. The molecule has 1 aliphatic rings. The second-order valence-corrected chi connectivity index (χ2v) is 5.80. The molecule has 0 radical (unpaired) electrons. The Morgan fingerprint density at radius 2 is 1.86 bits per heavy atom. The van der Waals surface area contributed by atoms with E-state index in [0.717, 1.165) is 17.1 Å². The second-order valence-electron chi connectivity index (χ2n) is 4.65. The van der Waals surface area contributed by atoms with Crippen LogP contribution in [0.4, 0.5) is 0 Å². The number of ether oxygens (including phenoxy) is 1. The van der Waals surface area contributed by atoms with Crippen LogP contribution in [0.25, 0.3) is 10.8 Å². The topological polar surface area (TPSA) is 60.4 Å². The molecule has 108 valence electrons. The molecule has 3 rings (SSSR count). The third kappa shape index (κ3) is 2.49. The Balaban J connectivity index is 2.12. The lowest BCUT2D eigenvalue weighted by Crippen LogP contribution is -2.19. The normalized spacial score (nSPS) is 12.6. The Labute approximate surface area is 130 Å². The Morgan fingerprint density at radius 1 is 1.14 bits per heavy atom. The molecular formula is C17H10O4S. The summed E-state index contributed by atoms with van der Waals surface area (Å²) in [7, 11) is 0. The number of benzene rings is 2. The van der Waals surface area contributed by atoms with Gasteiger partial charge in [-0.05, 0) is 23.6 Å². The minimum Gasteiger partial charge on any atom is -0.386 e. The predicted octanol–water partition coefficient (Wildman–Crippen LogP) is 2.78. The van der Waals surface area contributed by atoms with Crippen molar-refractivity contribution in [2.75, 3.05) is 5.75 Å². The lowest BCUT2D eigenvalue weighted by Gasteiger charge is -2.15. The van der Waals surface area contributed by atoms with Crippen LogP contribution in [0.1, 0.15) is 33.2 Å². The molecule has 0 saturated heterocycles. The van der Waals surface area contributed by atoms with Gasteiger partial charge >= 0.3 is 11.9 Å². The van der Waals surface area contributed by atoms with Crippen LogP contribution in [-0.2, 0) is 9.53 Å². The first-order valence-electron chi connectivity index (χ1n) is 6.52. The van der Waals surface area contributed by atoms with Gasteiger partial charge in [0.15, 0.2) is 5.12 Å². The molecule has 1 heterocycles. The zero-order valence-corrected chi connectivity index (χ0v) is 12.5. The van der Waals surface area contributed by atoms with E-state index in [-0.39, 0.29) is 5.12 Å². The van der Waals surface area contributed by atoms with Crippen LogP contribution in [-0.4, -0.2) is 22.8 Å². The van der Waals surface area contributed by atoms with Gasteiger partial charge in [0, 0.05) is 17.9 Å². The summed E-state index contributed by atoms with van der Waals surface area (Å²) in [5.41, 5.74) is 1.45. The van der Waals surface area contributed by atoms with Gasteiger partial charge in [0.2, 0.25) is 0 Å². The van der Waals surface area contributed by atoms with E-state index in [4.69, 9.17) is 4.74 Å². The molecule has 5 heteroatoms. The first-order valence-corrected chi connectivity index (χ1v) is 7.51. The van der Waals surface area contributed by atoms with E-state index in [1.54, 1.807) is 24.3 Å². The number of cyclic esters (lactones) is 2. The van der Waals surface area contributed by atoms with Crippen molar-refractivity contribution >= 4 is 39.6 Å². The highest BCUT2D eigenvalue weighted by atomic mass is 32.2. The molecule has 0 unspecified atom stereocenters. The summed E-state index contributed by atoms with van der Waals surface area (Å²) in [5.74, 6) is 5.03. The van der Waals surface area contributed by atoms with Gasteiger partial charge in [-0.2, -0.15) is 0 Å². The van der Waals surface area contributed by atoms with Crippen LogP contribution < -0.4 is 0 Å². The maximum Gasteiger partial charge on any atom is 0.346 e. The summed E-state index contributed by atoms with van der Waals surface area (Å²) in [6, 6.07) is 8.51. The highest BCUT2D eigenvalue weighted by molar-refractivity contribution is 8.13. The van der Waals surface area contributed by atoms with Gasteiger partial charge in [-0.1, -0.05) is 35.7 Å². The van der Waals surface area contributed by atoms with Crippen LogP contribution in [0.3, 0.4) is 0 Å². The average molecular weight is 310 g/mol. The van der Waals surface area contributed by atoms with E-state index >= 15 is 0 Å². The molecule has 0 saturated carbocycles. The number of esters is 2. The Hall–Kier alpha value is -2.58. The number of thioether (sulfide) groups is 1. The number of hydrogen-bond acceptors (Lipinski definition) is 5. The standard InChI is InChI=1S/C17H10O4S/c1-10(18)22-9-3-4-11-7-8-14-15-12(11)5-2-6-13(15)16(19)21-17(14)20/h2,5-8H,9H2,1H3. The van der Waals surface area contributed by atoms with Crippen molar-refractivity contribution in [1.82, 2.24) is 0 Å². The minimum atomic E-state index is -0.639. The molecule has 0 fully saturated rings. The number of hydrogen-bond donors (Lipinski definition) is 0. The molecule has 0 N–H and O–H groups in total. The molecule has 0 atom stereocenters. The molecule has 2 aromatic carbocycles. The molecule has 0 spiro atoms. The monoisotopic (exact) mass is 310 g/mol. The minimum absolute atomic E-state index is 0.0135. The van der Waals surface area contributed by atoms with E-state index in [0.29, 0.717) is 27.8 Å². The van der Waals surface area contributed by atoms with E-state index < -0.39 is 11.9 Å². The van der Waals surface area contributed by atoms with E-state index in [2.05, 4.69) is 11.8 Å². The van der Waals surface area contributed by atoms with Crippen LogP contribution in [0, 0.1) is 11.8 Å². The van der Waals surface area contributed by atoms with Crippen molar-refractivity contribution in [3.63, 3.8) is 0 Å². The summed E-state index contributed by atoms with van der Waals surface area (Å²) in [4.78, 5) is 34.5. The van der Waals surface area contributed by atoms with Crippen molar-refractivity contribution < 1.29 is 19.1 Å². The lowest BCUT2D eigenvalue weighted by atomic mass is 9.94. The van der Waals surface area contributed by atoms with Crippen LogP contribution in [0.2, 0.25) is 0 Å². The maximum atomic E-state index is 11.8. The van der Waals surface area contributed by atoms with Crippen molar-refractivity contribution in [3.05, 3.63) is 47.0 Å². The lowest BCUT2D eigenvalue weighted by molar-refractivity contribution is -0.109. The fraction of sp³-hybridized carbons (Fsp3) is 0.118. The summed E-state index contributed by atoms with van der Waals surface area (Å²) < 4.78 is 4.71. The molecule has 2 aromatic rings. The van der Waals surface area contributed by atoms with Crippen molar-refractivity contribution in [2.45, 2.75) is 6.92 Å². The molecular weight excluding hydrogens is 300 g/mol. The highest BCUT2D eigenvalue weighted by Gasteiger charge is 2.27. The summed E-state index contributed by atoms with van der Waals surface area (Å²) in [6.45, 7) is 1.49. The van der Waals surface area contributed by atoms with Crippen molar-refractivity contribution in [2.24, 2.45) is 0 Å². The fourth-order valence-corrected chi connectivity index (χ4v) is 2.67. The zero-order valence-electron chi connectivity index (χ0n) is 11.6. The largest absolute Gasteiger partial charge is 0.386 e. The number of carbonyl (C=O) groups is 3.